The zero-order chi connectivity index (χ0) is 12.3. The lowest BCUT2D eigenvalue weighted by Gasteiger charge is -2.07. The van der Waals surface area contributed by atoms with Gasteiger partial charge in [0.1, 0.15) is 18.2 Å². The van der Waals surface area contributed by atoms with Crippen molar-refractivity contribution in [3.63, 3.8) is 0 Å². The predicted molar refractivity (Wildman–Crippen MR) is 77.2 cm³/mol. The van der Waals surface area contributed by atoms with Crippen LogP contribution in [0.3, 0.4) is 0 Å². The summed E-state index contributed by atoms with van der Waals surface area (Å²) in [6.45, 7) is 0.309. The van der Waals surface area contributed by atoms with Gasteiger partial charge in [0.05, 0.1) is 10.7 Å². The van der Waals surface area contributed by atoms with Gasteiger partial charge in [0, 0.05) is 3.57 Å². The van der Waals surface area contributed by atoms with Gasteiger partial charge in [-0.05, 0) is 52.9 Å². The highest BCUT2D eigenvalue weighted by molar-refractivity contribution is 14.1. The van der Waals surface area contributed by atoms with Crippen LogP contribution in [0.1, 0.15) is 5.69 Å². The molecule has 17 heavy (non-hydrogen) atoms. The number of aromatic nitrogens is 1. The average Bonchev–Trinajstić information content (AvgIpc) is 2.30. The van der Waals surface area contributed by atoms with E-state index in [0.717, 1.165) is 9.32 Å². The molecule has 88 valence electrons. The van der Waals surface area contributed by atoms with Crippen LogP contribution in [0.5, 0.6) is 5.75 Å². The molecule has 1 heterocycles. The highest BCUT2D eigenvalue weighted by Crippen LogP contribution is 2.19. The second-order valence-electron chi connectivity index (χ2n) is 3.41. The summed E-state index contributed by atoms with van der Waals surface area (Å²) in [7, 11) is 0. The Hall–Kier alpha value is -1.01. The molecule has 0 unspecified atom stereocenters. The molecule has 0 amide bonds. The largest absolute Gasteiger partial charge is 0.487 e. The zero-order valence-corrected chi connectivity index (χ0v) is 11.8. The third kappa shape index (κ3) is 3.47. The van der Waals surface area contributed by atoms with Crippen molar-refractivity contribution in [2.75, 3.05) is 5.73 Å². The second-order valence-corrected chi connectivity index (χ2v) is 5.06. The van der Waals surface area contributed by atoms with Crippen LogP contribution in [0.4, 0.5) is 5.82 Å². The Morgan fingerprint density at radius 3 is 2.88 bits per heavy atom. The molecule has 0 saturated carbocycles. The van der Waals surface area contributed by atoms with Gasteiger partial charge in [-0.25, -0.2) is 4.98 Å². The van der Waals surface area contributed by atoms with E-state index >= 15 is 0 Å². The molecule has 0 saturated heterocycles. The fraction of sp³-hybridized carbons (Fsp3) is 0.0833. The molecule has 2 rings (SSSR count). The lowest BCUT2D eigenvalue weighted by Crippen LogP contribution is -2.01. The van der Waals surface area contributed by atoms with E-state index in [4.69, 9.17) is 22.1 Å². The molecule has 0 fully saturated rings. The molecule has 0 aliphatic carbocycles. The topological polar surface area (TPSA) is 48.1 Å². The molecule has 1 aromatic carbocycles. The van der Waals surface area contributed by atoms with Crippen molar-refractivity contribution in [1.82, 2.24) is 4.98 Å². The molecular weight excluding hydrogens is 351 g/mol. The third-order valence-corrected chi connectivity index (χ3v) is 3.13. The number of benzene rings is 1. The van der Waals surface area contributed by atoms with Crippen LogP contribution in [-0.2, 0) is 6.61 Å². The van der Waals surface area contributed by atoms with Gasteiger partial charge in [0.2, 0.25) is 0 Å². The van der Waals surface area contributed by atoms with Gasteiger partial charge >= 0.3 is 0 Å². The number of hydrogen-bond acceptors (Lipinski definition) is 3. The van der Waals surface area contributed by atoms with Crippen molar-refractivity contribution in [2.24, 2.45) is 0 Å². The summed E-state index contributed by atoms with van der Waals surface area (Å²) in [5.74, 6) is 1.23. The minimum atomic E-state index is 0.309. The number of ether oxygens (including phenoxy) is 1. The van der Waals surface area contributed by atoms with Gasteiger partial charge in [-0.1, -0.05) is 17.7 Å². The van der Waals surface area contributed by atoms with Gasteiger partial charge in [0.15, 0.2) is 0 Å². The lowest BCUT2D eigenvalue weighted by atomic mass is 10.3. The monoisotopic (exact) mass is 360 g/mol. The van der Waals surface area contributed by atoms with Crippen LogP contribution in [0.25, 0.3) is 0 Å². The van der Waals surface area contributed by atoms with E-state index in [0.29, 0.717) is 23.1 Å². The molecule has 3 nitrogen and oxygen atoms in total. The number of hydrogen-bond donors (Lipinski definition) is 1. The number of rotatable bonds is 3. The number of nitrogens with zero attached hydrogens (tertiary/aromatic N) is 1. The maximum absolute atomic E-state index is 5.99. The normalized spacial score (nSPS) is 10.2. The highest BCUT2D eigenvalue weighted by Gasteiger charge is 2.04. The molecule has 0 aliphatic heterocycles. The highest BCUT2D eigenvalue weighted by atomic mass is 127. The molecule has 0 aliphatic rings. The van der Waals surface area contributed by atoms with Gasteiger partial charge in [0.25, 0.3) is 0 Å². The van der Waals surface area contributed by atoms with Crippen LogP contribution in [0.15, 0.2) is 36.4 Å². The maximum atomic E-state index is 5.99. The van der Waals surface area contributed by atoms with Gasteiger partial charge in [-0.15, -0.1) is 0 Å². The zero-order valence-electron chi connectivity index (χ0n) is 8.86. The molecular formula is C12H10ClIN2O. The SMILES string of the molecule is Nc1ccc(Cl)c(COc2cccc(I)c2)n1. The van der Waals surface area contributed by atoms with E-state index in [9.17, 15) is 0 Å². The van der Waals surface area contributed by atoms with E-state index in [1.54, 1.807) is 12.1 Å². The predicted octanol–water partition coefficient (Wildman–Crippen LogP) is 3.50. The van der Waals surface area contributed by atoms with Gasteiger partial charge < -0.3 is 10.5 Å². The summed E-state index contributed by atoms with van der Waals surface area (Å²) in [5.41, 5.74) is 6.24. The summed E-state index contributed by atoms with van der Waals surface area (Å²) in [6.07, 6.45) is 0. The molecule has 0 bridgehead atoms. The summed E-state index contributed by atoms with van der Waals surface area (Å²) in [6, 6.07) is 11.2. The van der Waals surface area contributed by atoms with E-state index in [1.807, 2.05) is 24.3 Å². The molecule has 0 radical (unpaired) electrons. The van der Waals surface area contributed by atoms with E-state index in [1.165, 1.54) is 0 Å². The Kier molecular flexibility index (Phi) is 4.06. The fourth-order valence-electron chi connectivity index (χ4n) is 1.31. The minimum Gasteiger partial charge on any atom is -0.487 e. The van der Waals surface area contributed by atoms with Crippen molar-refractivity contribution in [2.45, 2.75) is 6.61 Å². The van der Waals surface area contributed by atoms with Crippen molar-refractivity contribution < 1.29 is 4.74 Å². The van der Waals surface area contributed by atoms with Crippen molar-refractivity contribution >= 4 is 40.0 Å². The van der Waals surface area contributed by atoms with E-state index in [2.05, 4.69) is 27.6 Å². The van der Waals surface area contributed by atoms with E-state index < -0.39 is 0 Å². The van der Waals surface area contributed by atoms with E-state index in [-0.39, 0.29) is 0 Å². The summed E-state index contributed by atoms with van der Waals surface area (Å²) in [5, 5.41) is 0.560. The summed E-state index contributed by atoms with van der Waals surface area (Å²) < 4.78 is 6.72. The average molecular weight is 361 g/mol. The molecule has 2 N–H and O–H groups in total. The Balaban J connectivity index is 2.09. The first-order valence-electron chi connectivity index (χ1n) is 4.94. The van der Waals surface area contributed by atoms with Crippen LogP contribution in [-0.4, -0.2) is 4.98 Å². The number of anilines is 1. The van der Waals surface area contributed by atoms with Crippen LogP contribution in [0.2, 0.25) is 5.02 Å². The van der Waals surface area contributed by atoms with Crippen molar-refractivity contribution in [1.29, 1.82) is 0 Å². The molecule has 2 aromatic rings. The quantitative estimate of drug-likeness (QED) is 0.852. The second kappa shape index (κ2) is 5.55. The first-order valence-corrected chi connectivity index (χ1v) is 6.40. The lowest BCUT2D eigenvalue weighted by molar-refractivity contribution is 0.301. The van der Waals surface area contributed by atoms with Gasteiger partial charge in [-0.2, -0.15) is 0 Å². The first-order chi connectivity index (χ1) is 8.15. The van der Waals surface area contributed by atoms with Crippen molar-refractivity contribution in [3.05, 3.63) is 50.7 Å². The van der Waals surface area contributed by atoms with Crippen LogP contribution in [0, 0.1) is 3.57 Å². The number of nitrogens with two attached hydrogens (primary N) is 1. The standard InChI is InChI=1S/C12H10ClIN2O/c13-10-4-5-12(15)16-11(10)7-17-9-3-1-2-8(14)6-9/h1-6H,7H2,(H2,15,16). The third-order valence-electron chi connectivity index (χ3n) is 2.11. The molecule has 0 spiro atoms. The summed E-state index contributed by atoms with van der Waals surface area (Å²) >= 11 is 8.22. The Morgan fingerprint density at radius 1 is 1.29 bits per heavy atom. The molecule has 5 heteroatoms. The Labute approximate surface area is 118 Å². The molecule has 0 atom stereocenters. The smallest absolute Gasteiger partial charge is 0.132 e. The Morgan fingerprint density at radius 2 is 2.12 bits per heavy atom. The number of halogens is 2. The molecule has 1 aromatic heterocycles. The summed E-state index contributed by atoms with van der Waals surface area (Å²) in [4.78, 5) is 4.13. The number of nitrogen functional groups attached to an aromatic ring is 1. The minimum absolute atomic E-state index is 0.309. The number of pyridine rings is 1. The Bertz CT molecular complexity index is 534. The fourth-order valence-corrected chi connectivity index (χ4v) is 1.99. The first kappa shape index (κ1) is 12.4. The maximum Gasteiger partial charge on any atom is 0.132 e. The van der Waals surface area contributed by atoms with Gasteiger partial charge in [-0.3, -0.25) is 0 Å². The van der Waals surface area contributed by atoms with Crippen molar-refractivity contribution in [3.8, 4) is 5.75 Å². The van der Waals surface area contributed by atoms with Crippen LogP contribution < -0.4 is 10.5 Å². The van der Waals surface area contributed by atoms with Crippen LogP contribution >= 0.6 is 34.2 Å².